The third kappa shape index (κ3) is 9.49. The number of aromatic nitrogens is 3. The molecule has 4 fully saturated rings. The summed E-state index contributed by atoms with van der Waals surface area (Å²) in [5.41, 5.74) is -1.16. The van der Waals surface area contributed by atoms with E-state index in [1.165, 1.54) is 26.9 Å². The first kappa shape index (κ1) is 51.3. The minimum atomic E-state index is -2.96. The summed E-state index contributed by atoms with van der Waals surface area (Å²) in [6.45, 7) is 22.1. The topological polar surface area (TPSA) is 102 Å². The maximum atomic E-state index is 16.3. The van der Waals surface area contributed by atoms with E-state index in [-0.39, 0.29) is 63.7 Å². The predicted molar refractivity (Wildman–Crippen MR) is 293 cm³/mol. The van der Waals surface area contributed by atoms with Gasteiger partial charge in [0.25, 0.3) is 16.6 Å². The van der Waals surface area contributed by atoms with Crippen molar-refractivity contribution in [1.82, 2.24) is 24.8 Å². The molecule has 0 saturated carbocycles. The lowest BCUT2D eigenvalue weighted by molar-refractivity contribution is 0.0122. The van der Waals surface area contributed by atoms with Crippen LogP contribution in [0.15, 0.2) is 128 Å². The molecule has 15 heteroatoms. The standard InChI is InChI=1S/C58H70ClFN6O5Si2/c1-55(2,3)69-54(67)66-40-30-31-41(66)36-64(35-40)52-48-34-61-51(59)49(60)50(48)62-53(63-52)68-39-58-32-42(70-72(56(4,5)6,44-22-14-10-15-23-44)45-24-16-11-17-25-45)37-65(58)38-43(33-58)71-73(57(7,8)9,46-26-18-12-19-27-46)47-28-20-13-21-29-47/h10-29,34,40-43H,30-33,35-39H2,1-9H3/t40-,41-,42-,43+,58?/m0/s1. The number of anilines is 1. The fraction of sp³-hybridized carbons (Fsp3) is 0.448. The second kappa shape index (κ2) is 19.5. The molecular weight excluding hydrogens is 971 g/mol. The summed E-state index contributed by atoms with van der Waals surface area (Å²) in [5, 5.41) is 4.61. The van der Waals surface area contributed by atoms with E-state index in [1.807, 2.05) is 25.7 Å². The Morgan fingerprint density at radius 2 is 1.11 bits per heavy atom. The Morgan fingerprint density at radius 1 is 0.671 bits per heavy atom. The molecule has 2 bridgehead atoms. The van der Waals surface area contributed by atoms with Crippen LogP contribution in [0.4, 0.5) is 15.0 Å². The molecule has 384 valence electrons. The van der Waals surface area contributed by atoms with Crippen LogP contribution in [0.25, 0.3) is 10.9 Å². The summed E-state index contributed by atoms with van der Waals surface area (Å²) >= 11 is 6.39. The lowest BCUT2D eigenvalue weighted by Crippen LogP contribution is -2.68. The van der Waals surface area contributed by atoms with Gasteiger partial charge in [0.2, 0.25) is 0 Å². The molecule has 0 N–H and O–H groups in total. The summed E-state index contributed by atoms with van der Waals surface area (Å²) in [6, 6.07) is 43.1. The minimum Gasteiger partial charge on any atom is -0.461 e. The maximum absolute atomic E-state index is 16.3. The second-order valence-electron chi connectivity index (χ2n) is 23.8. The van der Waals surface area contributed by atoms with Gasteiger partial charge in [-0.15, -0.1) is 0 Å². The lowest BCUT2D eigenvalue weighted by Gasteiger charge is -2.45. The van der Waals surface area contributed by atoms with Gasteiger partial charge in [-0.25, -0.2) is 14.2 Å². The number of ether oxygens (including phenoxy) is 2. The molecule has 1 unspecified atom stereocenters. The van der Waals surface area contributed by atoms with Crippen molar-refractivity contribution in [2.75, 3.05) is 37.7 Å². The highest BCUT2D eigenvalue weighted by molar-refractivity contribution is 7.00. The molecule has 6 heterocycles. The van der Waals surface area contributed by atoms with E-state index in [0.717, 1.165) is 12.8 Å². The zero-order valence-electron chi connectivity index (χ0n) is 43.8. The van der Waals surface area contributed by atoms with Crippen molar-refractivity contribution in [3.63, 3.8) is 0 Å². The van der Waals surface area contributed by atoms with Gasteiger partial charge >= 0.3 is 12.1 Å². The number of fused-ring (bicyclic) bond motifs is 4. The number of carbonyl (C=O) groups excluding carboxylic acids is 1. The molecule has 4 aliphatic rings. The van der Waals surface area contributed by atoms with Gasteiger partial charge in [0.15, 0.2) is 11.0 Å². The molecule has 4 saturated heterocycles. The quantitative estimate of drug-likeness (QED) is 0.0871. The van der Waals surface area contributed by atoms with Crippen LogP contribution in [0, 0.1) is 5.82 Å². The van der Waals surface area contributed by atoms with Crippen LogP contribution in [-0.4, -0.2) is 116 Å². The van der Waals surface area contributed by atoms with Crippen LogP contribution >= 0.6 is 11.6 Å². The molecule has 4 aromatic carbocycles. The normalized spacial score (nSPS) is 22.7. The second-order valence-corrected chi connectivity index (χ2v) is 32.6. The Bertz CT molecular complexity index is 2720. The van der Waals surface area contributed by atoms with Gasteiger partial charge in [-0.05, 0) is 77.3 Å². The third-order valence-corrected chi connectivity index (χ3v) is 26.2. The Balaban J connectivity index is 1.03. The smallest absolute Gasteiger partial charge is 0.410 e. The molecule has 5 atom stereocenters. The Hall–Kier alpha value is -5.23. The number of pyridine rings is 1. The molecule has 10 rings (SSSR count). The minimum absolute atomic E-state index is 0.0369. The molecule has 4 aliphatic heterocycles. The van der Waals surface area contributed by atoms with Crippen molar-refractivity contribution in [2.45, 2.75) is 134 Å². The van der Waals surface area contributed by atoms with Gasteiger partial charge in [0.05, 0.1) is 35.2 Å². The predicted octanol–water partition coefficient (Wildman–Crippen LogP) is 9.52. The first-order valence-electron chi connectivity index (χ1n) is 25.9. The molecule has 0 aliphatic carbocycles. The number of hydrogen-bond acceptors (Lipinski definition) is 10. The Kier molecular flexibility index (Phi) is 13.7. The number of carbonyl (C=O) groups is 1. The van der Waals surface area contributed by atoms with Gasteiger partial charge in [0, 0.05) is 32.4 Å². The number of nitrogens with zero attached hydrogens (tertiary/aromatic N) is 6. The molecule has 73 heavy (non-hydrogen) atoms. The van der Waals surface area contributed by atoms with Crippen molar-refractivity contribution in [2.24, 2.45) is 0 Å². The molecule has 0 radical (unpaired) electrons. The fourth-order valence-corrected chi connectivity index (χ4v) is 22.2. The lowest BCUT2D eigenvalue weighted by atomic mass is 9.93. The van der Waals surface area contributed by atoms with E-state index in [4.69, 9.17) is 39.9 Å². The molecule has 6 aromatic rings. The zero-order chi connectivity index (χ0) is 51.6. The summed E-state index contributed by atoms with van der Waals surface area (Å²) < 4.78 is 44.9. The van der Waals surface area contributed by atoms with Crippen molar-refractivity contribution >= 4 is 71.8 Å². The number of rotatable bonds is 12. The van der Waals surface area contributed by atoms with Gasteiger partial charge in [-0.2, -0.15) is 9.97 Å². The van der Waals surface area contributed by atoms with Crippen LogP contribution in [0.3, 0.4) is 0 Å². The highest BCUT2D eigenvalue weighted by atomic mass is 35.5. The van der Waals surface area contributed by atoms with Crippen LogP contribution in [0.1, 0.15) is 88.0 Å². The van der Waals surface area contributed by atoms with Gasteiger partial charge in [-0.3, -0.25) is 9.80 Å². The number of hydrogen-bond donors (Lipinski definition) is 0. The molecule has 11 nitrogen and oxygen atoms in total. The highest BCUT2D eigenvalue weighted by Crippen LogP contribution is 2.48. The van der Waals surface area contributed by atoms with Crippen LogP contribution in [0.2, 0.25) is 15.2 Å². The van der Waals surface area contributed by atoms with Crippen molar-refractivity contribution < 1.29 is 27.5 Å². The van der Waals surface area contributed by atoms with Crippen LogP contribution in [-0.2, 0) is 13.6 Å². The van der Waals surface area contributed by atoms with Crippen molar-refractivity contribution in [1.29, 1.82) is 0 Å². The first-order valence-corrected chi connectivity index (χ1v) is 30.1. The molecule has 1 amide bonds. The molecule has 2 aromatic heterocycles. The van der Waals surface area contributed by atoms with E-state index < -0.39 is 33.6 Å². The van der Waals surface area contributed by atoms with E-state index >= 15 is 4.39 Å². The summed E-state index contributed by atoms with van der Waals surface area (Å²) in [7, 11) is -5.93. The van der Waals surface area contributed by atoms with Gasteiger partial charge in [-0.1, -0.05) is 174 Å². The fourth-order valence-electron chi connectivity index (χ4n) is 12.7. The van der Waals surface area contributed by atoms with Gasteiger partial charge < -0.3 is 23.2 Å². The number of piperazine rings is 1. The van der Waals surface area contributed by atoms with Crippen LogP contribution in [0.5, 0.6) is 6.01 Å². The molecular formula is C58H70ClFN6O5Si2. The SMILES string of the molecule is CC(C)(C)OC(=O)N1[C@H]2CC[C@H]1CN(c1nc(OCC34C[C@H](O[Si](c5ccccc5)(c5ccccc5)C(C)(C)C)CN3C[C@H](O[Si](c3ccccc3)(c3ccccc3)C(C)(C)C)C4)nc3c(F)c(Cl)ncc13)C2. The maximum Gasteiger partial charge on any atom is 0.410 e. The molecule has 0 spiro atoms. The van der Waals surface area contributed by atoms with E-state index in [0.29, 0.717) is 50.2 Å². The highest BCUT2D eigenvalue weighted by Gasteiger charge is 2.60. The van der Waals surface area contributed by atoms with Gasteiger partial charge in [0.1, 0.15) is 23.5 Å². The zero-order valence-corrected chi connectivity index (χ0v) is 46.5. The summed E-state index contributed by atoms with van der Waals surface area (Å²) in [5.74, 6) is -0.237. The number of amides is 1. The average molecular weight is 1040 g/mol. The average Bonchev–Trinajstić information content (AvgIpc) is 3.96. The van der Waals surface area contributed by atoms with Crippen LogP contribution < -0.4 is 30.4 Å². The van der Waals surface area contributed by atoms with E-state index in [2.05, 4.69) is 178 Å². The summed E-state index contributed by atoms with van der Waals surface area (Å²) in [6.07, 6.45) is 3.87. The van der Waals surface area contributed by atoms with Crippen molar-refractivity contribution in [3.05, 3.63) is 138 Å². The van der Waals surface area contributed by atoms with E-state index in [9.17, 15) is 4.79 Å². The number of benzene rings is 4. The Labute approximate surface area is 437 Å². The Morgan fingerprint density at radius 3 is 1.52 bits per heavy atom. The first-order chi connectivity index (χ1) is 34.7. The summed E-state index contributed by atoms with van der Waals surface area (Å²) in [4.78, 5) is 34.1. The third-order valence-electron chi connectivity index (χ3n) is 15.7. The van der Waals surface area contributed by atoms with Crippen molar-refractivity contribution in [3.8, 4) is 6.01 Å². The largest absolute Gasteiger partial charge is 0.461 e. The van der Waals surface area contributed by atoms with E-state index in [1.54, 1.807) is 0 Å². The number of halogens is 2. The monoisotopic (exact) mass is 1040 g/mol.